The van der Waals surface area contributed by atoms with Crippen LogP contribution in [-0.4, -0.2) is 23.6 Å². The number of carbonyl (C=O) groups excluding carboxylic acids is 1. The number of hydrogen-bond donors (Lipinski definition) is 0. The quantitative estimate of drug-likeness (QED) is 0.850. The predicted octanol–water partition coefficient (Wildman–Crippen LogP) is 3.48. The largest absolute Gasteiger partial charge is 0.445 e. The van der Waals surface area contributed by atoms with Crippen LogP contribution in [-0.2, 0) is 11.3 Å². The lowest BCUT2D eigenvalue weighted by Crippen LogP contribution is -2.37. The van der Waals surface area contributed by atoms with Crippen molar-refractivity contribution in [3.63, 3.8) is 0 Å². The number of nitrogens with zero attached hydrogens (tertiary/aromatic N) is 2. The molecule has 1 aliphatic heterocycles. The van der Waals surface area contributed by atoms with Crippen LogP contribution in [0.3, 0.4) is 0 Å². The van der Waals surface area contributed by atoms with Crippen molar-refractivity contribution in [1.29, 1.82) is 5.26 Å². The van der Waals surface area contributed by atoms with Gasteiger partial charge >= 0.3 is 6.09 Å². The molecule has 3 rings (SSSR count). The minimum absolute atomic E-state index is 0.160. The number of ether oxygens (including phenoxy) is 1. The number of hydrogen-bond acceptors (Lipinski definition) is 3. The highest BCUT2D eigenvalue weighted by Crippen LogP contribution is 2.50. The van der Waals surface area contributed by atoms with E-state index in [9.17, 15) is 10.1 Å². The summed E-state index contributed by atoms with van der Waals surface area (Å²) in [5.41, 5.74) is 0.838. The molecule has 1 unspecified atom stereocenters. The standard InChI is InChI=1S/C17H20N2O2/c18-13-17(8-9-17)11-15-7-4-10-19(15)16(20)21-12-14-5-2-1-3-6-14/h1-3,5-6,15H,4,7-12H2. The maximum Gasteiger partial charge on any atom is 0.410 e. The van der Waals surface area contributed by atoms with Gasteiger partial charge in [-0.3, -0.25) is 0 Å². The first-order valence-electron chi connectivity index (χ1n) is 7.61. The first-order chi connectivity index (χ1) is 10.2. The molecule has 1 atom stereocenters. The van der Waals surface area contributed by atoms with Crippen LogP contribution >= 0.6 is 0 Å². The SMILES string of the molecule is N#CC1(CC2CCCN2C(=O)OCc2ccccc2)CC1. The summed E-state index contributed by atoms with van der Waals surface area (Å²) in [6.07, 6.45) is 4.52. The number of likely N-dealkylation sites (tertiary alicyclic amines) is 1. The Balaban J connectivity index is 1.55. The molecule has 2 fully saturated rings. The van der Waals surface area contributed by atoms with Crippen molar-refractivity contribution in [3.8, 4) is 6.07 Å². The summed E-state index contributed by atoms with van der Waals surface area (Å²) >= 11 is 0. The molecule has 2 aliphatic rings. The molecule has 0 spiro atoms. The molecule has 0 radical (unpaired) electrons. The van der Waals surface area contributed by atoms with E-state index >= 15 is 0 Å². The van der Waals surface area contributed by atoms with Crippen molar-refractivity contribution in [1.82, 2.24) is 4.90 Å². The number of nitriles is 1. The van der Waals surface area contributed by atoms with Gasteiger partial charge in [-0.05, 0) is 37.7 Å². The third kappa shape index (κ3) is 3.18. The van der Waals surface area contributed by atoms with Crippen LogP contribution in [0.15, 0.2) is 30.3 Å². The van der Waals surface area contributed by atoms with E-state index in [0.717, 1.165) is 44.2 Å². The lowest BCUT2D eigenvalue weighted by atomic mass is 9.97. The van der Waals surface area contributed by atoms with E-state index in [2.05, 4.69) is 6.07 Å². The molecule has 1 saturated carbocycles. The van der Waals surface area contributed by atoms with Gasteiger partial charge < -0.3 is 9.64 Å². The first kappa shape index (κ1) is 13.9. The minimum atomic E-state index is -0.241. The fraction of sp³-hybridized carbons (Fsp3) is 0.529. The molecular formula is C17H20N2O2. The number of rotatable bonds is 4. The Hall–Kier alpha value is -2.02. The zero-order chi connectivity index (χ0) is 14.7. The molecule has 1 heterocycles. The second kappa shape index (κ2) is 5.77. The van der Waals surface area contributed by atoms with Crippen LogP contribution in [0.5, 0.6) is 0 Å². The monoisotopic (exact) mass is 284 g/mol. The summed E-state index contributed by atoms with van der Waals surface area (Å²) in [6, 6.07) is 12.3. The zero-order valence-electron chi connectivity index (χ0n) is 12.1. The summed E-state index contributed by atoms with van der Waals surface area (Å²) in [5, 5.41) is 9.21. The van der Waals surface area contributed by atoms with E-state index in [1.54, 1.807) is 0 Å². The number of carbonyl (C=O) groups is 1. The third-order valence-electron chi connectivity index (χ3n) is 4.53. The summed E-state index contributed by atoms with van der Waals surface area (Å²) < 4.78 is 5.41. The lowest BCUT2D eigenvalue weighted by molar-refractivity contribution is 0.0887. The van der Waals surface area contributed by atoms with E-state index < -0.39 is 0 Å². The maximum absolute atomic E-state index is 12.2. The van der Waals surface area contributed by atoms with Crippen molar-refractivity contribution >= 4 is 6.09 Å². The smallest absolute Gasteiger partial charge is 0.410 e. The molecule has 4 heteroatoms. The Morgan fingerprint density at radius 1 is 1.38 bits per heavy atom. The highest BCUT2D eigenvalue weighted by Gasteiger charge is 2.47. The molecule has 0 aromatic heterocycles. The molecule has 1 aromatic carbocycles. The molecule has 110 valence electrons. The van der Waals surface area contributed by atoms with Crippen molar-refractivity contribution in [3.05, 3.63) is 35.9 Å². The van der Waals surface area contributed by atoms with Gasteiger partial charge in [0.15, 0.2) is 0 Å². The lowest BCUT2D eigenvalue weighted by Gasteiger charge is -2.25. The average Bonchev–Trinajstić information content (AvgIpc) is 3.15. The molecule has 1 aliphatic carbocycles. The van der Waals surface area contributed by atoms with Crippen molar-refractivity contribution < 1.29 is 9.53 Å². The van der Waals surface area contributed by atoms with Gasteiger partial charge in [0, 0.05) is 12.6 Å². The fourth-order valence-electron chi connectivity index (χ4n) is 3.05. The van der Waals surface area contributed by atoms with Gasteiger partial charge in [0.2, 0.25) is 0 Å². The molecule has 0 N–H and O–H groups in total. The van der Waals surface area contributed by atoms with Crippen molar-refractivity contribution in [2.45, 2.75) is 44.8 Å². The molecule has 21 heavy (non-hydrogen) atoms. The molecular weight excluding hydrogens is 264 g/mol. The van der Waals surface area contributed by atoms with E-state index in [0.29, 0.717) is 6.61 Å². The Kier molecular flexibility index (Phi) is 3.83. The molecule has 4 nitrogen and oxygen atoms in total. The van der Waals surface area contributed by atoms with Gasteiger partial charge in [-0.1, -0.05) is 30.3 Å². The van der Waals surface area contributed by atoms with Crippen LogP contribution in [0.4, 0.5) is 4.79 Å². The summed E-state index contributed by atoms with van der Waals surface area (Å²) in [6.45, 7) is 1.06. The van der Waals surface area contributed by atoms with Crippen LogP contribution in [0.2, 0.25) is 0 Å². The second-order valence-electron chi connectivity index (χ2n) is 6.13. The second-order valence-corrected chi connectivity index (χ2v) is 6.13. The van der Waals surface area contributed by atoms with Gasteiger partial charge in [0.05, 0.1) is 11.5 Å². The van der Waals surface area contributed by atoms with Gasteiger partial charge in [-0.2, -0.15) is 5.26 Å². The molecule has 1 aromatic rings. The molecule has 1 saturated heterocycles. The van der Waals surface area contributed by atoms with Crippen LogP contribution in [0.1, 0.15) is 37.7 Å². The van der Waals surface area contributed by atoms with Crippen molar-refractivity contribution in [2.75, 3.05) is 6.54 Å². The van der Waals surface area contributed by atoms with Gasteiger partial charge in [-0.25, -0.2) is 4.79 Å². The van der Waals surface area contributed by atoms with E-state index in [-0.39, 0.29) is 17.6 Å². The number of amides is 1. The van der Waals surface area contributed by atoms with Gasteiger partial charge in [0.1, 0.15) is 6.61 Å². The van der Waals surface area contributed by atoms with Gasteiger partial charge in [-0.15, -0.1) is 0 Å². The van der Waals surface area contributed by atoms with Crippen LogP contribution in [0.25, 0.3) is 0 Å². The fourth-order valence-corrected chi connectivity index (χ4v) is 3.05. The van der Waals surface area contributed by atoms with Crippen molar-refractivity contribution in [2.24, 2.45) is 5.41 Å². The highest BCUT2D eigenvalue weighted by atomic mass is 16.6. The van der Waals surface area contributed by atoms with Crippen LogP contribution < -0.4 is 0 Å². The predicted molar refractivity (Wildman–Crippen MR) is 78.3 cm³/mol. The number of benzene rings is 1. The summed E-state index contributed by atoms with van der Waals surface area (Å²) in [4.78, 5) is 14.1. The Labute approximate surface area is 125 Å². The zero-order valence-corrected chi connectivity index (χ0v) is 12.1. The van der Waals surface area contributed by atoms with Crippen LogP contribution in [0, 0.1) is 16.7 Å². The summed E-state index contributed by atoms with van der Waals surface area (Å²) in [7, 11) is 0. The molecule has 0 bridgehead atoms. The summed E-state index contributed by atoms with van der Waals surface area (Å²) in [5.74, 6) is 0. The normalized spacial score (nSPS) is 22.6. The average molecular weight is 284 g/mol. The Morgan fingerprint density at radius 2 is 2.14 bits per heavy atom. The third-order valence-corrected chi connectivity index (χ3v) is 4.53. The van der Waals surface area contributed by atoms with E-state index in [1.807, 2.05) is 35.2 Å². The topological polar surface area (TPSA) is 53.3 Å². The van der Waals surface area contributed by atoms with E-state index in [1.165, 1.54) is 0 Å². The maximum atomic E-state index is 12.2. The Bertz CT molecular complexity index is 546. The Morgan fingerprint density at radius 3 is 2.81 bits per heavy atom. The minimum Gasteiger partial charge on any atom is -0.445 e. The first-order valence-corrected chi connectivity index (χ1v) is 7.61. The highest BCUT2D eigenvalue weighted by molar-refractivity contribution is 5.68. The molecule has 1 amide bonds. The van der Waals surface area contributed by atoms with Gasteiger partial charge in [0.25, 0.3) is 0 Å². The van der Waals surface area contributed by atoms with E-state index in [4.69, 9.17) is 4.74 Å².